The number of hydrogen-bond acceptors (Lipinski definition) is 3. The topological polar surface area (TPSA) is 38.8 Å². The monoisotopic (exact) mass is 473 g/mol. The standard InChI is InChI=1S/C26H43NO3Si2/c1-12-16-21-22(29-31(8,9)25(2,3)4)23(30-32(10,11)26(5,6)7)24(28)27(21)19-20-17-14-13-15-18-20/h1,13-15,17-18,21-23H,16,19H2,2-11H3/t21-,22+,23-/m1/s1. The maximum absolute atomic E-state index is 13.8. The van der Waals surface area contributed by atoms with Crippen molar-refractivity contribution in [1.29, 1.82) is 0 Å². The van der Waals surface area contributed by atoms with Crippen molar-refractivity contribution in [3.63, 3.8) is 0 Å². The molecule has 3 atom stereocenters. The first-order chi connectivity index (χ1) is 14.5. The van der Waals surface area contributed by atoms with Crippen molar-refractivity contribution in [2.75, 3.05) is 0 Å². The SMILES string of the molecule is C#CC[C@@H]1[C@H](O[Si](C)(C)C(C)(C)C)[C@@H](O[Si](C)(C)C(C)(C)C)C(=O)N1Cc1ccccc1. The Morgan fingerprint density at radius 1 is 0.938 bits per heavy atom. The molecular weight excluding hydrogens is 430 g/mol. The summed E-state index contributed by atoms with van der Waals surface area (Å²) in [5.74, 6) is 2.81. The van der Waals surface area contributed by atoms with Crippen molar-refractivity contribution in [3.05, 3.63) is 35.9 Å². The van der Waals surface area contributed by atoms with Gasteiger partial charge in [0.05, 0.1) is 6.04 Å². The van der Waals surface area contributed by atoms with Crippen LogP contribution in [-0.4, -0.2) is 45.7 Å². The molecule has 1 heterocycles. The van der Waals surface area contributed by atoms with Gasteiger partial charge >= 0.3 is 0 Å². The van der Waals surface area contributed by atoms with E-state index in [-0.39, 0.29) is 28.1 Å². The number of carbonyl (C=O) groups is 1. The molecule has 0 saturated carbocycles. The van der Waals surface area contributed by atoms with Gasteiger partial charge in [-0.15, -0.1) is 12.3 Å². The van der Waals surface area contributed by atoms with Gasteiger partial charge in [-0.2, -0.15) is 0 Å². The van der Waals surface area contributed by atoms with E-state index < -0.39 is 22.7 Å². The third kappa shape index (κ3) is 5.74. The van der Waals surface area contributed by atoms with Crippen molar-refractivity contribution in [3.8, 4) is 12.3 Å². The van der Waals surface area contributed by atoms with E-state index in [9.17, 15) is 4.79 Å². The van der Waals surface area contributed by atoms with E-state index in [1.807, 2.05) is 35.2 Å². The zero-order valence-corrected chi connectivity index (χ0v) is 23.8. The van der Waals surface area contributed by atoms with Crippen LogP contribution in [0.15, 0.2) is 30.3 Å². The quantitative estimate of drug-likeness (QED) is 0.349. The van der Waals surface area contributed by atoms with Gasteiger partial charge < -0.3 is 13.8 Å². The molecule has 0 radical (unpaired) electrons. The minimum Gasteiger partial charge on any atom is -0.409 e. The molecule has 1 saturated heterocycles. The lowest BCUT2D eigenvalue weighted by molar-refractivity contribution is -0.135. The molecule has 2 rings (SSSR count). The van der Waals surface area contributed by atoms with Gasteiger partial charge in [0.2, 0.25) is 0 Å². The highest BCUT2D eigenvalue weighted by molar-refractivity contribution is 6.74. The molecule has 0 bridgehead atoms. The van der Waals surface area contributed by atoms with Gasteiger partial charge in [-0.1, -0.05) is 71.9 Å². The van der Waals surface area contributed by atoms with Gasteiger partial charge in [0.1, 0.15) is 6.10 Å². The fraction of sp³-hybridized carbons (Fsp3) is 0.654. The lowest BCUT2D eigenvalue weighted by atomic mass is 10.1. The average Bonchev–Trinajstić information content (AvgIpc) is 2.86. The number of likely N-dealkylation sites (tertiary alicyclic amines) is 1. The van der Waals surface area contributed by atoms with Crippen LogP contribution in [0.2, 0.25) is 36.3 Å². The van der Waals surface area contributed by atoms with Crippen LogP contribution in [-0.2, 0) is 20.2 Å². The molecule has 0 aromatic heterocycles. The summed E-state index contributed by atoms with van der Waals surface area (Å²) in [6, 6.07) is 9.88. The lowest BCUT2D eigenvalue weighted by Crippen LogP contribution is -2.53. The fourth-order valence-electron chi connectivity index (χ4n) is 3.44. The van der Waals surface area contributed by atoms with Gasteiger partial charge in [0.15, 0.2) is 22.7 Å². The molecule has 1 fully saturated rings. The Labute approximate surface area is 198 Å². The molecule has 32 heavy (non-hydrogen) atoms. The third-order valence-corrected chi connectivity index (χ3v) is 16.5. The second kappa shape index (κ2) is 9.46. The largest absolute Gasteiger partial charge is 0.409 e. The summed E-state index contributed by atoms with van der Waals surface area (Å²) in [5.41, 5.74) is 1.09. The number of nitrogens with zero attached hydrogens (tertiary/aromatic N) is 1. The molecule has 1 amide bonds. The average molecular weight is 474 g/mol. The predicted molar refractivity (Wildman–Crippen MR) is 138 cm³/mol. The number of terminal acetylenes is 1. The smallest absolute Gasteiger partial charge is 0.253 e. The van der Waals surface area contributed by atoms with Crippen LogP contribution in [0.25, 0.3) is 0 Å². The normalized spacial score (nSPS) is 22.8. The number of benzene rings is 1. The molecule has 0 spiro atoms. The van der Waals surface area contributed by atoms with Crippen molar-refractivity contribution in [2.45, 2.75) is 109 Å². The van der Waals surface area contributed by atoms with E-state index in [4.69, 9.17) is 15.3 Å². The Hall–Kier alpha value is -1.40. The van der Waals surface area contributed by atoms with Crippen molar-refractivity contribution < 1.29 is 13.6 Å². The summed E-state index contributed by atoms with van der Waals surface area (Å²) in [4.78, 5) is 15.7. The Kier molecular flexibility index (Phi) is 7.94. The number of hydrogen-bond donors (Lipinski definition) is 0. The first-order valence-electron chi connectivity index (χ1n) is 11.7. The molecule has 4 nitrogen and oxygen atoms in total. The van der Waals surface area contributed by atoms with Crippen molar-refractivity contribution >= 4 is 22.5 Å². The molecule has 1 aliphatic heterocycles. The van der Waals surface area contributed by atoms with Gasteiger partial charge in [0.25, 0.3) is 5.91 Å². The molecular formula is C26H43NO3Si2. The summed E-state index contributed by atoms with van der Waals surface area (Å²) in [6.07, 6.45) is 5.27. The Morgan fingerprint density at radius 2 is 1.44 bits per heavy atom. The summed E-state index contributed by atoms with van der Waals surface area (Å²) in [6.45, 7) is 22.6. The van der Waals surface area contributed by atoms with E-state index in [1.165, 1.54) is 0 Å². The van der Waals surface area contributed by atoms with Crippen LogP contribution in [0.1, 0.15) is 53.5 Å². The Bertz CT molecular complexity index is 831. The molecule has 0 unspecified atom stereocenters. The zero-order valence-electron chi connectivity index (χ0n) is 21.8. The molecule has 1 aromatic rings. The predicted octanol–water partition coefficient (Wildman–Crippen LogP) is 6.20. The van der Waals surface area contributed by atoms with E-state index in [1.54, 1.807) is 0 Å². The first kappa shape index (κ1) is 26.9. The van der Waals surface area contributed by atoms with Crippen LogP contribution in [0.5, 0.6) is 0 Å². The van der Waals surface area contributed by atoms with Crippen LogP contribution < -0.4 is 0 Å². The van der Waals surface area contributed by atoms with Crippen LogP contribution >= 0.6 is 0 Å². The summed E-state index contributed by atoms with van der Waals surface area (Å²) in [5, 5.41) is 0.00832. The lowest BCUT2D eigenvalue weighted by Gasteiger charge is -2.43. The van der Waals surface area contributed by atoms with Crippen LogP contribution in [0, 0.1) is 12.3 Å². The van der Waals surface area contributed by atoms with E-state index >= 15 is 0 Å². The minimum absolute atomic E-state index is 0.00244. The maximum atomic E-state index is 13.8. The second-order valence-electron chi connectivity index (χ2n) is 12.1. The second-order valence-corrected chi connectivity index (χ2v) is 21.6. The van der Waals surface area contributed by atoms with Crippen LogP contribution in [0.3, 0.4) is 0 Å². The molecule has 178 valence electrons. The number of rotatable bonds is 7. The summed E-state index contributed by atoms with van der Waals surface area (Å²) in [7, 11) is -4.38. The van der Waals surface area contributed by atoms with Crippen molar-refractivity contribution in [2.24, 2.45) is 0 Å². The Morgan fingerprint density at radius 3 is 1.91 bits per heavy atom. The molecule has 0 N–H and O–H groups in total. The van der Waals surface area contributed by atoms with Gasteiger partial charge in [-0.05, 0) is 41.8 Å². The first-order valence-corrected chi connectivity index (χ1v) is 17.5. The molecule has 6 heteroatoms. The zero-order chi connectivity index (χ0) is 24.5. The fourth-order valence-corrected chi connectivity index (χ4v) is 5.98. The highest BCUT2D eigenvalue weighted by atomic mass is 28.4. The van der Waals surface area contributed by atoms with Crippen molar-refractivity contribution in [1.82, 2.24) is 4.90 Å². The maximum Gasteiger partial charge on any atom is 0.253 e. The van der Waals surface area contributed by atoms with Crippen LogP contribution in [0.4, 0.5) is 0 Å². The Balaban J connectivity index is 2.50. The minimum atomic E-state index is -2.21. The summed E-state index contributed by atoms with van der Waals surface area (Å²) >= 11 is 0. The molecule has 1 aliphatic rings. The van der Waals surface area contributed by atoms with Gasteiger partial charge in [0, 0.05) is 13.0 Å². The van der Waals surface area contributed by atoms with E-state index in [2.05, 4.69) is 73.7 Å². The highest BCUT2D eigenvalue weighted by Crippen LogP contribution is 2.43. The van der Waals surface area contributed by atoms with E-state index in [0.29, 0.717) is 13.0 Å². The van der Waals surface area contributed by atoms with Gasteiger partial charge in [-0.25, -0.2) is 0 Å². The molecule has 1 aromatic carbocycles. The van der Waals surface area contributed by atoms with E-state index in [0.717, 1.165) is 5.56 Å². The third-order valence-electron chi connectivity index (χ3n) is 7.59. The number of amides is 1. The highest BCUT2D eigenvalue weighted by Gasteiger charge is 2.55. The number of carbonyl (C=O) groups excluding carboxylic acids is 1. The van der Waals surface area contributed by atoms with Gasteiger partial charge in [-0.3, -0.25) is 4.79 Å². The summed E-state index contributed by atoms with van der Waals surface area (Å²) < 4.78 is 13.7. The molecule has 0 aliphatic carbocycles.